The van der Waals surface area contributed by atoms with E-state index in [0.717, 1.165) is 76.8 Å². The lowest BCUT2D eigenvalue weighted by atomic mass is 9.96. The van der Waals surface area contributed by atoms with Gasteiger partial charge in [0.2, 0.25) is 0 Å². The molecule has 0 N–H and O–H groups in total. The van der Waals surface area contributed by atoms with Gasteiger partial charge in [-0.05, 0) is 40.9 Å². The normalized spacial score (nSPS) is 20.2. The molecule has 0 aromatic carbocycles. The van der Waals surface area contributed by atoms with E-state index in [4.69, 9.17) is 0 Å². The van der Waals surface area contributed by atoms with Gasteiger partial charge in [-0.2, -0.15) is 0 Å². The number of rotatable bonds is 4. The van der Waals surface area contributed by atoms with Crippen molar-refractivity contribution in [1.29, 1.82) is 0 Å². The first-order valence-electron chi connectivity index (χ1n) is 9.78. The first-order chi connectivity index (χ1) is 12.5. The number of piperazine rings is 1. The Kier molecular flexibility index (Phi) is 6.13. The maximum atomic E-state index is 12.7. The minimum atomic E-state index is 0.210. The van der Waals surface area contributed by atoms with Gasteiger partial charge in [-0.25, -0.2) is 4.79 Å². The van der Waals surface area contributed by atoms with Gasteiger partial charge < -0.3 is 24.2 Å². The van der Waals surface area contributed by atoms with Crippen molar-refractivity contribution in [1.82, 2.24) is 34.4 Å². The van der Waals surface area contributed by atoms with E-state index >= 15 is 0 Å². The van der Waals surface area contributed by atoms with E-state index in [0.29, 0.717) is 5.92 Å². The van der Waals surface area contributed by atoms with Crippen LogP contribution < -0.4 is 0 Å². The molecule has 3 heterocycles. The summed E-state index contributed by atoms with van der Waals surface area (Å²) in [7, 11) is 6.22. The van der Waals surface area contributed by atoms with E-state index in [-0.39, 0.29) is 6.03 Å². The van der Waals surface area contributed by atoms with Crippen molar-refractivity contribution in [2.45, 2.75) is 38.8 Å². The van der Waals surface area contributed by atoms with Gasteiger partial charge in [0.15, 0.2) is 0 Å². The monoisotopic (exact) mass is 363 g/mol. The number of likely N-dealkylation sites (tertiary alicyclic amines) is 1. The lowest BCUT2D eigenvalue weighted by Gasteiger charge is -2.38. The average molecular weight is 364 g/mol. The molecule has 0 saturated carbocycles. The maximum Gasteiger partial charge on any atom is 0.320 e. The molecule has 146 valence electrons. The predicted molar refractivity (Wildman–Crippen MR) is 101 cm³/mol. The molecule has 0 aliphatic carbocycles. The largest absolute Gasteiger partial charge is 0.325 e. The summed E-state index contributed by atoms with van der Waals surface area (Å²) in [5, 5.41) is 8.91. The molecule has 2 amide bonds. The van der Waals surface area contributed by atoms with Crippen LogP contribution in [0.5, 0.6) is 0 Å². The quantitative estimate of drug-likeness (QED) is 0.796. The molecule has 1 aromatic rings. The maximum absolute atomic E-state index is 12.7. The Morgan fingerprint density at radius 1 is 1.04 bits per heavy atom. The number of aromatic nitrogens is 3. The fourth-order valence-electron chi connectivity index (χ4n) is 3.92. The van der Waals surface area contributed by atoms with Crippen LogP contribution in [-0.2, 0) is 13.1 Å². The van der Waals surface area contributed by atoms with Crippen LogP contribution in [0.25, 0.3) is 0 Å². The van der Waals surface area contributed by atoms with Crippen LogP contribution in [0.2, 0.25) is 0 Å². The number of urea groups is 1. The predicted octanol–water partition coefficient (Wildman–Crippen LogP) is 0.906. The first-order valence-corrected chi connectivity index (χ1v) is 9.78. The van der Waals surface area contributed by atoms with E-state index in [2.05, 4.69) is 52.6 Å². The molecule has 26 heavy (non-hydrogen) atoms. The Morgan fingerprint density at radius 2 is 1.65 bits per heavy atom. The number of amides is 2. The van der Waals surface area contributed by atoms with E-state index in [1.807, 2.05) is 9.80 Å². The van der Waals surface area contributed by atoms with Crippen LogP contribution >= 0.6 is 0 Å². The summed E-state index contributed by atoms with van der Waals surface area (Å²) >= 11 is 0. The topological polar surface area (TPSA) is 60.7 Å². The van der Waals surface area contributed by atoms with Gasteiger partial charge in [-0.3, -0.25) is 0 Å². The molecule has 2 fully saturated rings. The van der Waals surface area contributed by atoms with Crippen molar-refractivity contribution in [3.05, 3.63) is 11.6 Å². The standard InChI is InChI=1S/C18H33N7O/c1-5-25-16(14-21(2)3)19-20-17(25)15-6-8-23(9-7-15)18(26)24-12-10-22(4)11-13-24/h15H,5-14H2,1-4H3. The fourth-order valence-corrected chi connectivity index (χ4v) is 3.92. The van der Waals surface area contributed by atoms with Gasteiger partial charge in [0.25, 0.3) is 0 Å². The SMILES string of the molecule is CCn1c(CN(C)C)nnc1C1CCN(C(=O)N2CCN(C)CC2)CC1. The molecule has 2 saturated heterocycles. The Morgan fingerprint density at radius 3 is 2.23 bits per heavy atom. The molecule has 0 atom stereocenters. The van der Waals surface area contributed by atoms with Gasteiger partial charge in [0.05, 0.1) is 6.54 Å². The van der Waals surface area contributed by atoms with Crippen molar-refractivity contribution >= 4 is 6.03 Å². The molecule has 0 unspecified atom stereocenters. The summed E-state index contributed by atoms with van der Waals surface area (Å²) in [5.41, 5.74) is 0. The van der Waals surface area contributed by atoms with Crippen molar-refractivity contribution in [2.24, 2.45) is 0 Å². The van der Waals surface area contributed by atoms with E-state index in [1.165, 1.54) is 0 Å². The lowest BCUT2D eigenvalue weighted by Crippen LogP contribution is -2.53. The number of hydrogen-bond acceptors (Lipinski definition) is 5. The number of likely N-dealkylation sites (N-methyl/N-ethyl adjacent to an activating group) is 1. The van der Waals surface area contributed by atoms with Gasteiger partial charge >= 0.3 is 6.03 Å². The first kappa shape index (κ1) is 19.1. The molecule has 3 rings (SSSR count). The highest BCUT2D eigenvalue weighted by Crippen LogP contribution is 2.28. The molecule has 1 aromatic heterocycles. The van der Waals surface area contributed by atoms with Crippen LogP contribution in [0, 0.1) is 0 Å². The zero-order chi connectivity index (χ0) is 18.7. The van der Waals surface area contributed by atoms with Gasteiger partial charge in [-0.1, -0.05) is 0 Å². The van der Waals surface area contributed by atoms with Gasteiger partial charge in [0, 0.05) is 51.7 Å². The Hall–Kier alpha value is -1.67. The van der Waals surface area contributed by atoms with Crippen LogP contribution in [0.15, 0.2) is 0 Å². The number of carbonyl (C=O) groups excluding carboxylic acids is 1. The van der Waals surface area contributed by atoms with Crippen LogP contribution in [-0.4, -0.2) is 101 Å². The zero-order valence-electron chi connectivity index (χ0n) is 16.7. The van der Waals surface area contributed by atoms with Crippen LogP contribution in [0.4, 0.5) is 4.79 Å². The highest BCUT2D eigenvalue weighted by molar-refractivity contribution is 5.74. The minimum absolute atomic E-state index is 0.210. The third-order valence-corrected chi connectivity index (χ3v) is 5.53. The lowest BCUT2D eigenvalue weighted by molar-refractivity contribution is 0.113. The summed E-state index contributed by atoms with van der Waals surface area (Å²) in [4.78, 5) is 21.2. The van der Waals surface area contributed by atoms with Gasteiger partial charge in [-0.15, -0.1) is 10.2 Å². The molecule has 2 aliphatic rings. The van der Waals surface area contributed by atoms with E-state index < -0.39 is 0 Å². The molecule has 0 radical (unpaired) electrons. The molecule has 0 spiro atoms. The Balaban J connectivity index is 1.58. The molecule has 8 nitrogen and oxygen atoms in total. The highest BCUT2D eigenvalue weighted by atomic mass is 16.2. The van der Waals surface area contributed by atoms with Crippen molar-refractivity contribution < 1.29 is 4.79 Å². The molecule has 0 bridgehead atoms. The fraction of sp³-hybridized carbons (Fsp3) is 0.833. The van der Waals surface area contributed by atoms with Crippen molar-refractivity contribution in [3.8, 4) is 0 Å². The third-order valence-electron chi connectivity index (χ3n) is 5.53. The zero-order valence-corrected chi connectivity index (χ0v) is 16.7. The summed E-state index contributed by atoms with van der Waals surface area (Å²) in [5.74, 6) is 2.52. The van der Waals surface area contributed by atoms with Crippen molar-refractivity contribution in [2.75, 3.05) is 60.4 Å². The van der Waals surface area contributed by atoms with Crippen molar-refractivity contribution in [3.63, 3.8) is 0 Å². The second-order valence-electron chi connectivity index (χ2n) is 7.79. The molecule has 8 heteroatoms. The minimum Gasteiger partial charge on any atom is -0.325 e. The Bertz CT molecular complexity index is 599. The number of nitrogens with zero attached hydrogens (tertiary/aromatic N) is 7. The third kappa shape index (κ3) is 4.17. The number of piperidine rings is 1. The molecule has 2 aliphatic heterocycles. The van der Waals surface area contributed by atoms with Crippen LogP contribution in [0.3, 0.4) is 0 Å². The summed E-state index contributed by atoms with van der Waals surface area (Å²) in [6, 6.07) is 0.210. The summed E-state index contributed by atoms with van der Waals surface area (Å²) in [6.45, 7) is 9.10. The van der Waals surface area contributed by atoms with E-state index in [1.54, 1.807) is 0 Å². The summed E-state index contributed by atoms with van der Waals surface area (Å²) < 4.78 is 2.25. The second kappa shape index (κ2) is 8.35. The smallest absolute Gasteiger partial charge is 0.320 e. The van der Waals surface area contributed by atoms with Crippen LogP contribution in [0.1, 0.15) is 37.3 Å². The highest BCUT2D eigenvalue weighted by Gasteiger charge is 2.30. The second-order valence-corrected chi connectivity index (χ2v) is 7.79. The number of carbonyl (C=O) groups is 1. The molecular formula is C18H33N7O. The number of hydrogen-bond donors (Lipinski definition) is 0. The summed E-state index contributed by atoms with van der Waals surface area (Å²) in [6.07, 6.45) is 1.94. The van der Waals surface area contributed by atoms with E-state index in [9.17, 15) is 4.79 Å². The molecular weight excluding hydrogens is 330 g/mol. The van der Waals surface area contributed by atoms with Gasteiger partial charge in [0.1, 0.15) is 11.6 Å². The average Bonchev–Trinajstić information content (AvgIpc) is 3.03. The Labute approximate surface area is 156 Å².